The van der Waals surface area contributed by atoms with Gasteiger partial charge in [0.05, 0.1) is 14.2 Å². The quantitative estimate of drug-likeness (QED) is 0.780. The average Bonchev–Trinajstić information content (AvgIpc) is 3.13. The molecule has 2 aromatic carbocycles. The van der Waals surface area contributed by atoms with Gasteiger partial charge in [-0.05, 0) is 48.9 Å². The van der Waals surface area contributed by atoms with Crippen LogP contribution < -0.4 is 24.4 Å². The summed E-state index contributed by atoms with van der Waals surface area (Å²) >= 11 is 0. The van der Waals surface area contributed by atoms with E-state index in [1.165, 1.54) is 5.56 Å². The van der Waals surface area contributed by atoms with Gasteiger partial charge in [-0.1, -0.05) is 6.07 Å². The van der Waals surface area contributed by atoms with E-state index in [1.54, 1.807) is 7.11 Å². The number of likely N-dealkylation sites (N-methyl/N-ethyl adjacent to an activating group) is 1. The minimum Gasteiger partial charge on any atom is -0.497 e. The van der Waals surface area contributed by atoms with E-state index in [2.05, 4.69) is 5.32 Å². The number of carbonyl (C=O) groups excluding carboxylic acids is 1. The zero-order chi connectivity index (χ0) is 18.5. The molecule has 26 heavy (non-hydrogen) atoms. The van der Waals surface area contributed by atoms with Crippen molar-refractivity contribution in [2.24, 2.45) is 0 Å². The number of hydrogen-bond donors (Lipinski definition) is 2. The van der Waals surface area contributed by atoms with Crippen LogP contribution >= 0.6 is 0 Å². The minimum atomic E-state index is -0.161. The maximum Gasteiger partial charge on any atom is 0.278 e. The summed E-state index contributed by atoms with van der Waals surface area (Å²) in [6.45, 7) is 3.42. The average molecular weight is 357 g/mol. The van der Waals surface area contributed by atoms with Gasteiger partial charge >= 0.3 is 0 Å². The van der Waals surface area contributed by atoms with Crippen molar-refractivity contribution in [2.45, 2.75) is 26.1 Å². The molecule has 0 aromatic heterocycles. The minimum absolute atomic E-state index is 0.0219. The third kappa shape index (κ3) is 4.26. The van der Waals surface area contributed by atoms with Gasteiger partial charge in [0, 0.05) is 12.1 Å². The number of ether oxygens (including phenoxy) is 3. The number of amides is 1. The van der Waals surface area contributed by atoms with Gasteiger partial charge in [0.1, 0.15) is 12.3 Å². The third-order valence-electron chi connectivity index (χ3n) is 4.68. The van der Waals surface area contributed by atoms with Crippen molar-refractivity contribution in [1.82, 2.24) is 5.32 Å². The van der Waals surface area contributed by atoms with Crippen LogP contribution in [0.1, 0.15) is 18.1 Å². The number of carbonyl (C=O) groups is 1. The van der Waals surface area contributed by atoms with Gasteiger partial charge in [-0.15, -0.1) is 0 Å². The molecule has 0 spiro atoms. The summed E-state index contributed by atoms with van der Waals surface area (Å²) in [6, 6.07) is 13.5. The van der Waals surface area contributed by atoms with Crippen molar-refractivity contribution in [2.75, 3.05) is 21.0 Å². The van der Waals surface area contributed by atoms with Crippen LogP contribution in [0.25, 0.3) is 0 Å². The molecule has 6 nitrogen and oxygen atoms in total. The smallest absolute Gasteiger partial charge is 0.278 e. The summed E-state index contributed by atoms with van der Waals surface area (Å²) in [6.07, 6.45) is 0. The van der Waals surface area contributed by atoms with Crippen LogP contribution in [-0.2, 0) is 17.9 Å². The number of benzene rings is 2. The SMILES string of the molecule is COc1ccc(C[NH+](C)[C@@H](C)C(=O)NCc2ccc3c(c2)OCO3)cc1. The molecule has 3 rings (SSSR count). The molecule has 1 heterocycles. The fraction of sp³-hybridized carbons (Fsp3) is 0.350. The van der Waals surface area contributed by atoms with Crippen LogP contribution in [-0.4, -0.2) is 32.9 Å². The van der Waals surface area contributed by atoms with Crippen LogP contribution in [0.3, 0.4) is 0 Å². The lowest BCUT2D eigenvalue weighted by Crippen LogP contribution is -3.12. The fourth-order valence-corrected chi connectivity index (χ4v) is 2.84. The molecular weight excluding hydrogens is 332 g/mol. The number of rotatable bonds is 7. The first-order valence-corrected chi connectivity index (χ1v) is 8.68. The Balaban J connectivity index is 1.51. The van der Waals surface area contributed by atoms with Crippen LogP contribution in [0, 0.1) is 0 Å². The molecular formula is C20H25N2O4+. The lowest BCUT2D eigenvalue weighted by molar-refractivity contribution is -0.908. The van der Waals surface area contributed by atoms with E-state index in [9.17, 15) is 4.79 Å². The van der Waals surface area contributed by atoms with E-state index >= 15 is 0 Å². The van der Waals surface area contributed by atoms with Crippen LogP contribution in [0.5, 0.6) is 17.2 Å². The molecule has 0 fully saturated rings. The van der Waals surface area contributed by atoms with Crippen molar-refractivity contribution in [3.63, 3.8) is 0 Å². The number of methoxy groups -OCH3 is 1. The van der Waals surface area contributed by atoms with E-state index in [0.717, 1.165) is 34.3 Å². The van der Waals surface area contributed by atoms with E-state index in [-0.39, 0.29) is 18.7 Å². The van der Waals surface area contributed by atoms with E-state index in [1.807, 2.05) is 56.4 Å². The van der Waals surface area contributed by atoms with Crippen molar-refractivity contribution in [3.8, 4) is 17.2 Å². The number of fused-ring (bicyclic) bond motifs is 1. The lowest BCUT2D eigenvalue weighted by Gasteiger charge is -2.21. The summed E-state index contributed by atoms with van der Waals surface area (Å²) in [5.74, 6) is 2.33. The summed E-state index contributed by atoms with van der Waals surface area (Å²) in [4.78, 5) is 13.6. The first-order valence-electron chi connectivity index (χ1n) is 8.68. The largest absolute Gasteiger partial charge is 0.497 e. The molecule has 1 aliphatic heterocycles. The predicted octanol–water partition coefficient (Wildman–Crippen LogP) is 1.14. The highest BCUT2D eigenvalue weighted by Gasteiger charge is 2.22. The number of nitrogens with one attached hydrogen (secondary N) is 2. The molecule has 0 aliphatic carbocycles. The highest BCUT2D eigenvalue weighted by Crippen LogP contribution is 2.32. The Morgan fingerprint density at radius 2 is 1.85 bits per heavy atom. The number of hydrogen-bond acceptors (Lipinski definition) is 4. The summed E-state index contributed by atoms with van der Waals surface area (Å²) in [5.41, 5.74) is 2.15. The molecule has 0 saturated heterocycles. The Morgan fingerprint density at radius 3 is 2.58 bits per heavy atom. The van der Waals surface area contributed by atoms with Crippen molar-refractivity contribution >= 4 is 5.91 Å². The number of quaternary nitrogens is 1. The molecule has 0 radical (unpaired) electrons. The monoisotopic (exact) mass is 357 g/mol. The van der Waals surface area contributed by atoms with Gasteiger partial charge in [0.25, 0.3) is 5.91 Å². The Morgan fingerprint density at radius 1 is 1.15 bits per heavy atom. The molecule has 0 saturated carbocycles. The zero-order valence-electron chi connectivity index (χ0n) is 15.4. The standard InChI is InChI=1S/C20H24N2O4/c1-14(22(2)12-15-4-7-17(24-3)8-5-15)20(23)21-11-16-6-9-18-19(10-16)26-13-25-18/h4-10,14H,11-13H2,1-3H3,(H,21,23)/p+1/t14-/m0/s1. The second-order valence-corrected chi connectivity index (χ2v) is 6.50. The third-order valence-corrected chi connectivity index (χ3v) is 4.68. The molecule has 138 valence electrons. The van der Waals surface area contributed by atoms with E-state index < -0.39 is 0 Å². The summed E-state index contributed by atoms with van der Waals surface area (Å²) in [7, 11) is 3.67. The Labute approximate surface area is 153 Å². The molecule has 2 aromatic rings. The lowest BCUT2D eigenvalue weighted by atomic mass is 10.1. The molecule has 2 atom stereocenters. The second-order valence-electron chi connectivity index (χ2n) is 6.50. The Kier molecular flexibility index (Phi) is 5.63. The molecule has 6 heteroatoms. The van der Waals surface area contributed by atoms with Crippen LogP contribution in [0.4, 0.5) is 0 Å². The van der Waals surface area contributed by atoms with Gasteiger partial charge in [-0.2, -0.15) is 0 Å². The van der Waals surface area contributed by atoms with Gasteiger partial charge < -0.3 is 24.4 Å². The molecule has 1 amide bonds. The van der Waals surface area contributed by atoms with Crippen molar-refractivity contribution < 1.29 is 23.9 Å². The normalized spacial score (nSPS) is 14.6. The predicted molar refractivity (Wildman–Crippen MR) is 97.5 cm³/mol. The molecule has 2 N–H and O–H groups in total. The van der Waals surface area contributed by atoms with Crippen molar-refractivity contribution in [3.05, 3.63) is 53.6 Å². The van der Waals surface area contributed by atoms with Gasteiger partial charge in [0.15, 0.2) is 17.5 Å². The Hall–Kier alpha value is -2.73. The van der Waals surface area contributed by atoms with E-state index in [0.29, 0.717) is 6.54 Å². The fourth-order valence-electron chi connectivity index (χ4n) is 2.84. The summed E-state index contributed by atoms with van der Waals surface area (Å²) < 4.78 is 15.8. The molecule has 0 bridgehead atoms. The molecule has 1 unspecified atom stereocenters. The van der Waals surface area contributed by atoms with Crippen molar-refractivity contribution in [1.29, 1.82) is 0 Å². The topological polar surface area (TPSA) is 61.2 Å². The van der Waals surface area contributed by atoms with Crippen LogP contribution in [0.15, 0.2) is 42.5 Å². The van der Waals surface area contributed by atoms with Gasteiger partial charge in [0.2, 0.25) is 6.79 Å². The second kappa shape index (κ2) is 8.10. The summed E-state index contributed by atoms with van der Waals surface area (Å²) in [5, 5.41) is 3.00. The highest BCUT2D eigenvalue weighted by molar-refractivity contribution is 5.79. The first-order chi connectivity index (χ1) is 12.6. The Bertz CT molecular complexity index is 761. The zero-order valence-corrected chi connectivity index (χ0v) is 15.4. The molecule has 1 aliphatic rings. The first kappa shape index (κ1) is 18.1. The van der Waals surface area contributed by atoms with E-state index in [4.69, 9.17) is 14.2 Å². The maximum absolute atomic E-state index is 12.5. The maximum atomic E-state index is 12.5. The van der Waals surface area contributed by atoms with Crippen LogP contribution in [0.2, 0.25) is 0 Å². The van der Waals surface area contributed by atoms with Gasteiger partial charge in [-0.25, -0.2) is 0 Å². The highest BCUT2D eigenvalue weighted by atomic mass is 16.7. The van der Waals surface area contributed by atoms with Gasteiger partial charge in [-0.3, -0.25) is 4.79 Å².